The molecule has 0 amide bonds. The molecule has 0 unspecified atom stereocenters. The second kappa shape index (κ2) is 4.27. The summed E-state index contributed by atoms with van der Waals surface area (Å²) in [5, 5.41) is 0. The highest BCUT2D eigenvalue weighted by Crippen LogP contribution is 2.25. The summed E-state index contributed by atoms with van der Waals surface area (Å²) < 4.78 is 13.7. The van der Waals surface area contributed by atoms with E-state index in [2.05, 4.69) is 0 Å². The van der Waals surface area contributed by atoms with E-state index in [-0.39, 0.29) is 5.56 Å². The minimum Gasteiger partial charge on any atom is -0.285 e. The van der Waals surface area contributed by atoms with Gasteiger partial charge in [0.25, 0.3) is 0 Å². The summed E-state index contributed by atoms with van der Waals surface area (Å²) in [5.41, 5.74) is 2.32. The van der Waals surface area contributed by atoms with E-state index in [0.717, 1.165) is 11.1 Å². The smallest absolute Gasteiger partial charge is 0.233 e. The van der Waals surface area contributed by atoms with Gasteiger partial charge in [0.15, 0.2) is 0 Å². The van der Waals surface area contributed by atoms with Crippen molar-refractivity contribution in [2.45, 2.75) is 6.92 Å². The van der Waals surface area contributed by atoms with Gasteiger partial charge in [-0.3, -0.25) is 4.79 Å². The van der Waals surface area contributed by atoms with E-state index in [1.807, 2.05) is 30.3 Å². The van der Waals surface area contributed by atoms with Crippen molar-refractivity contribution in [3.63, 3.8) is 0 Å². The number of hydrogen-bond donors (Lipinski definition) is 0. The SMILES string of the molecule is Cc1cc(-c2ccccc2)c(F)cc1[C]=O. The van der Waals surface area contributed by atoms with Crippen molar-refractivity contribution in [3.05, 3.63) is 59.4 Å². The Bertz CT molecular complexity index is 518. The molecule has 0 spiro atoms. The van der Waals surface area contributed by atoms with Crippen LogP contribution in [0.4, 0.5) is 4.39 Å². The molecule has 2 aromatic rings. The van der Waals surface area contributed by atoms with Crippen molar-refractivity contribution in [2.75, 3.05) is 0 Å². The number of benzene rings is 2. The van der Waals surface area contributed by atoms with E-state index in [1.165, 1.54) is 6.07 Å². The Morgan fingerprint density at radius 1 is 1.12 bits per heavy atom. The highest BCUT2D eigenvalue weighted by molar-refractivity contribution is 5.80. The Balaban J connectivity index is 2.59. The van der Waals surface area contributed by atoms with E-state index in [0.29, 0.717) is 5.56 Å². The van der Waals surface area contributed by atoms with Crippen LogP contribution in [0.25, 0.3) is 11.1 Å². The van der Waals surface area contributed by atoms with Crippen LogP contribution in [0.1, 0.15) is 11.1 Å². The molecular weight excluding hydrogens is 203 g/mol. The predicted octanol–water partition coefficient (Wildman–Crippen LogP) is 3.26. The molecular formula is C14H10FO. The number of hydrogen-bond acceptors (Lipinski definition) is 1. The fourth-order valence-electron chi connectivity index (χ4n) is 1.63. The van der Waals surface area contributed by atoms with E-state index in [9.17, 15) is 9.18 Å². The quantitative estimate of drug-likeness (QED) is 0.748. The lowest BCUT2D eigenvalue weighted by Gasteiger charge is -2.06. The van der Waals surface area contributed by atoms with Crippen LogP contribution in [-0.2, 0) is 4.79 Å². The minimum atomic E-state index is -0.393. The normalized spacial score (nSPS) is 10.1. The number of rotatable bonds is 2. The van der Waals surface area contributed by atoms with Crippen molar-refractivity contribution >= 4 is 6.29 Å². The Labute approximate surface area is 93.5 Å². The first kappa shape index (κ1) is 10.6. The van der Waals surface area contributed by atoms with Crippen LogP contribution >= 0.6 is 0 Å². The van der Waals surface area contributed by atoms with Gasteiger partial charge in [0.2, 0.25) is 6.29 Å². The Kier molecular flexibility index (Phi) is 2.82. The van der Waals surface area contributed by atoms with Crippen molar-refractivity contribution in [1.29, 1.82) is 0 Å². The van der Waals surface area contributed by atoms with E-state index in [4.69, 9.17) is 0 Å². The molecule has 2 aromatic carbocycles. The summed E-state index contributed by atoms with van der Waals surface area (Å²) in [4.78, 5) is 10.5. The van der Waals surface area contributed by atoms with E-state index < -0.39 is 5.82 Å². The molecule has 16 heavy (non-hydrogen) atoms. The highest BCUT2D eigenvalue weighted by Gasteiger charge is 2.08. The van der Waals surface area contributed by atoms with E-state index in [1.54, 1.807) is 19.3 Å². The first-order valence-electron chi connectivity index (χ1n) is 4.96. The van der Waals surface area contributed by atoms with Crippen LogP contribution in [-0.4, -0.2) is 6.29 Å². The van der Waals surface area contributed by atoms with Gasteiger partial charge < -0.3 is 0 Å². The Morgan fingerprint density at radius 2 is 1.81 bits per heavy atom. The maximum absolute atomic E-state index is 13.7. The number of halogens is 1. The lowest BCUT2D eigenvalue weighted by Crippen LogP contribution is -1.92. The highest BCUT2D eigenvalue weighted by atomic mass is 19.1. The van der Waals surface area contributed by atoms with Crippen molar-refractivity contribution in [2.24, 2.45) is 0 Å². The molecule has 0 atom stereocenters. The molecule has 2 heteroatoms. The second-order valence-corrected chi connectivity index (χ2v) is 3.62. The Hall–Kier alpha value is -1.96. The third-order valence-electron chi connectivity index (χ3n) is 2.51. The molecule has 0 N–H and O–H groups in total. The van der Waals surface area contributed by atoms with E-state index >= 15 is 0 Å². The summed E-state index contributed by atoms with van der Waals surface area (Å²) in [5.74, 6) is -0.393. The topological polar surface area (TPSA) is 17.1 Å². The fourth-order valence-corrected chi connectivity index (χ4v) is 1.63. The van der Waals surface area contributed by atoms with Gasteiger partial charge in [0.1, 0.15) is 5.82 Å². The molecule has 0 fully saturated rings. The van der Waals surface area contributed by atoms with Crippen LogP contribution in [0, 0.1) is 12.7 Å². The molecule has 0 aromatic heterocycles. The first-order chi connectivity index (χ1) is 7.72. The van der Waals surface area contributed by atoms with Gasteiger partial charge in [-0.1, -0.05) is 30.3 Å². The fraction of sp³-hybridized carbons (Fsp3) is 0.0714. The molecule has 1 radical (unpaired) electrons. The lowest BCUT2D eigenvalue weighted by molar-refractivity contribution is 0.561. The third-order valence-corrected chi connectivity index (χ3v) is 2.51. The molecule has 0 bridgehead atoms. The third kappa shape index (κ3) is 1.87. The van der Waals surface area contributed by atoms with Gasteiger partial charge in [-0.15, -0.1) is 0 Å². The summed E-state index contributed by atoms with van der Waals surface area (Å²) in [6.07, 6.45) is 1.72. The molecule has 79 valence electrons. The van der Waals surface area contributed by atoms with Crippen molar-refractivity contribution in [3.8, 4) is 11.1 Å². The average Bonchev–Trinajstić information content (AvgIpc) is 2.32. The molecule has 2 rings (SSSR count). The average molecular weight is 213 g/mol. The Morgan fingerprint density at radius 3 is 2.44 bits per heavy atom. The zero-order valence-corrected chi connectivity index (χ0v) is 8.83. The zero-order chi connectivity index (χ0) is 11.5. The van der Waals surface area contributed by atoms with Crippen molar-refractivity contribution < 1.29 is 9.18 Å². The molecule has 0 saturated carbocycles. The van der Waals surface area contributed by atoms with Crippen LogP contribution in [0.15, 0.2) is 42.5 Å². The molecule has 0 saturated heterocycles. The molecule has 0 aliphatic heterocycles. The van der Waals surface area contributed by atoms with Crippen LogP contribution < -0.4 is 0 Å². The van der Waals surface area contributed by atoms with Gasteiger partial charge in [-0.05, 0) is 30.2 Å². The standard InChI is InChI=1S/C14H10FO/c1-10-7-13(11-5-3-2-4-6-11)14(15)8-12(10)9-16/h2-8H,1H3. The van der Waals surface area contributed by atoms with Crippen LogP contribution in [0.5, 0.6) is 0 Å². The molecule has 0 heterocycles. The molecule has 0 aliphatic carbocycles. The maximum Gasteiger partial charge on any atom is 0.233 e. The van der Waals surface area contributed by atoms with Gasteiger partial charge >= 0.3 is 0 Å². The summed E-state index contributed by atoms with van der Waals surface area (Å²) in [6.45, 7) is 1.77. The predicted molar refractivity (Wildman–Crippen MR) is 61.4 cm³/mol. The first-order valence-corrected chi connectivity index (χ1v) is 4.96. The monoisotopic (exact) mass is 213 g/mol. The maximum atomic E-state index is 13.7. The molecule has 1 nitrogen and oxygen atoms in total. The summed E-state index contributed by atoms with van der Waals surface area (Å²) >= 11 is 0. The lowest BCUT2D eigenvalue weighted by atomic mass is 10.00. The van der Waals surface area contributed by atoms with Gasteiger partial charge in [0, 0.05) is 11.1 Å². The van der Waals surface area contributed by atoms with Gasteiger partial charge in [-0.2, -0.15) is 0 Å². The largest absolute Gasteiger partial charge is 0.285 e. The second-order valence-electron chi connectivity index (χ2n) is 3.62. The zero-order valence-electron chi connectivity index (χ0n) is 8.83. The number of aryl methyl sites for hydroxylation is 1. The summed E-state index contributed by atoms with van der Waals surface area (Å²) in [7, 11) is 0. The van der Waals surface area contributed by atoms with Crippen LogP contribution in [0.2, 0.25) is 0 Å². The van der Waals surface area contributed by atoms with Crippen LogP contribution in [0.3, 0.4) is 0 Å². The minimum absolute atomic E-state index is 0.275. The summed E-state index contributed by atoms with van der Waals surface area (Å²) in [6, 6.07) is 12.1. The number of carbonyl (C=O) groups excluding carboxylic acids is 1. The molecule has 0 aliphatic rings. The van der Waals surface area contributed by atoms with Gasteiger partial charge in [-0.25, -0.2) is 4.39 Å². The van der Waals surface area contributed by atoms with Crippen molar-refractivity contribution in [1.82, 2.24) is 0 Å². The van der Waals surface area contributed by atoms with Gasteiger partial charge in [0.05, 0.1) is 0 Å².